The summed E-state index contributed by atoms with van der Waals surface area (Å²) in [6.07, 6.45) is 2.32. The van der Waals surface area contributed by atoms with E-state index in [-0.39, 0.29) is 23.5 Å². The molecule has 0 heterocycles. The van der Waals surface area contributed by atoms with Crippen LogP contribution in [0, 0.1) is 0 Å². The second-order valence-electron chi connectivity index (χ2n) is 8.57. The van der Waals surface area contributed by atoms with Crippen molar-refractivity contribution in [1.82, 2.24) is 5.32 Å². The Morgan fingerprint density at radius 3 is 2.26 bits per heavy atom. The highest BCUT2D eigenvalue weighted by Gasteiger charge is 2.28. The lowest BCUT2D eigenvalue weighted by Crippen LogP contribution is -2.41. The van der Waals surface area contributed by atoms with Gasteiger partial charge in [0.15, 0.2) is 0 Å². The maximum absolute atomic E-state index is 13.5. The summed E-state index contributed by atoms with van der Waals surface area (Å²) in [7, 11) is -3.91. The number of sulfonamides is 1. The third kappa shape index (κ3) is 7.33. The largest absolute Gasteiger partial charge is 0.491 e. The van der Waals surface area contributed by atoms with Gasteiger partial charge >= 0.3 is 0 Å². The Kier molecular flexibility index (Phi) is 9.32. The minimum absolute atomic E-state index is 0.130. The Labute approximate surface area is 209 Å². The molecular weight excluding hydrogens is 460 g/mol. The van der Waals surface area contributed by atoms with Crippen LogP contribution in [0.1, 0.15) is 38.3 Å². The molecule has 0 radical (unpaired) electrons. The molecule has 1 N–H and O–H groups in total. The van der Waals surface area contributed by atoms with Crippen molar-refractivity contribution in [1.29, 1.82) is 0 Å². The molecule has 0 aromatic heterocycles. The first-order valence-corrected chi connectivity index (χ1v) is 13.4. The highest BCUT2D eigenvalue weighted by atomic mass is 32.2. The van der Waals surface area contributed by atoms with E-state index >= 15 is 0 Å². The summed E-state index contributed by atoms with van der Waals surface area (Å²) in [5, 5.41) is 2.88. The van der Waals surface area contributed by atoms with Gasteiger partial charge in [0.05, 0.1) is 16.7 Å². The van der Waals surface area contributed by atoms with Crippen LogP contribution in [0.15, 0.2) is 83.8 Å². The predicted molar refractivity (Wildman–Crippen MR) is 140 cm³/mol. The average Bonchev–Trinajstić information content (AvgIpc) is 2.86. The number of ether oxygens (including phenoxy) is 1. The molecule has 3 aromatic rings. The number of nitrogens with one attached hydrogen (secondary N) is 1. The first-order valence-electron chi connectivity index (χ1n) is 12.0. The lowest BCUT2D eigenvalue weighted by molar-refractivity contribution is -0.119. The van der Waals surface area contributed by atoms with Gasteiger partial charge in [-0.25, -0.2) is 8.42 Å². The summed E-state index contributed by atoms with van der Waals surface area (Å²) in [5.41, 5.74) is 2.54. The number of anilines is 1. The molecule has 186 valence electrons. The smallest absolute Gasteiger partial charge is 0.264 e. The van der Waals surface area contributed by atoms with Gasteiger partial charge in [-0.15, -0.1) is 0 Å². The summed E-state index contributed by atoms with van der Waals surface area (Å²) in [4.78, 5) is 13.0. The van der Waals surface area contributed by atoms with Gasteiger partial charge in [-0.2, -0.15) is 0 Å². The highest BCUT2D eigenvalue weighted by Crippen LogP contribution is 2.27. The highest BCUT2D eigenvalue weighted by molar-refractivity contribution is 7.92. The first kappa shape index (κ1) is 26.3. The summed E-state index contributed by atoms with van der Waals surface area (Å²) in [5.74, 6) is 0.500. The van der Waals surface area contributed by atoms with Crippen LogP contribution in [0.25, 0.3) is 0 Å². The van der Waals surface area contributed by atoms with Gasteiger partial charge in [0.25, 0.3) is 10.0 Å². The molecule has 7 heteroatoms. The Morgan fingerprint density at radius 1 is 0.943 bits per heavy atom. The van der Waals surface area contributed by atoms with Crippen molar-refractivity contribution in [3.63, 3.8) is 0 Å². The number of rotatable bonds is 12. The van der Waals surface area contributed by atoms with Crippen molar-refractivity contribution in [3.05, 3.63) is 90.0 Å². The second-order valence-corrected chi connectivity index (χ2v) is 10.4. The van der Waals surface area contributed by atoms with Crippen LogP contribution < -0.4 is 14.4 Å². The van der Waals surface area contributed by atoms with Crippen LogP contribution in [0.2, 0.25) is 0 Å². The zero-order valence-corrected chi connectivity index (χ0v) is 21.4. The number of carbonyl (C=O) groups is 1. The number of benzene rings is 3. The van der Waals surface area contributed by atoms with E-state index in [4.69, 9.17) is 4.74 Å². The maximum Gasteiger partial charge on any atom is 0.264 e. The molecule has 0 saturated heterocycles. The van der Waals surface area contributed by atoms with Crippen molar-refractivity contribution in [2.24, 2.45) is 0 Å². The van der Waals surface area contributed by atoms with E-state index in [0.717, 1.165) is 29.7 Å². The van der Waals surface area contributed by atoms with Crippen molar-refractivity contribution in [3.8, 4) is 5.75 Å². The van der Waals surface area contributed by atoms with E-state index < -0.39 is 10.0 Å². The van der Waals surface area contributed by atoms with Crippen LogP contribution in [-0.4, -0.2) is 33.5 Å². The molecule has 6 nitrogen and oxygen atoms in total. The molecule has 0 atom stereocenters. The number of amides is 1. The van der Waals surface area contributed by atoms with Crippen molar-refractivity contribution in [2.45, 2.75) is 51.0 Å². The Balaban J connectivity index is 1.65. The molecule has 0 spiro atoms. The van der Waals surface area contributed by atoms with Crippen molar-refractivity contribution in [2.75, 3.05) is 17.4 Å². The second kappa shape index (κ2) is 12.4. The molecule has 1 amide bonds. The Hall–Kier alpha value is -3.32. The molecular formula is C28H34N2O4S. The quantitative estimate of drug-likeness (QED) is 0.360. The molecule has 3 aromatic carbocycles. The van der Waals surface area contributed by atoms with Crippen LogP contribution in [0.4, 0.5) is 5.69 Å². The molecule has 0 aliphatic carbocycles. The van der Waals surface area contributed by atoms with E-state index in [2.05, 4.69) is 5.32 Å². The molecule has 35 heavy (non-hydrogen) atoms. The number of para-hydroxylation sites is 1. The maximum atomic E-state index is 13.5. The molecule has 0 fully saturated rings. The van der Waals surface area contributed by atoms with Crippen LogP contribution in [0.5, 0.6) is 5.75 Å². The number of nitrogens with zero attached hydrogens (tertiary/aromatic N) is 1. The Bertz CT molecular complexity index is 1190. The van der Waals surface area contributed by atoms with E-state index in [9.17, 15) is 13.2 Å². The minimum Gasteiger partial charge on any atom is -0.491 e. The van der Waals surface area contributed by atoms with E-state index in [1.54, 1.807) is 42.5 Å². The summed E-state index contributed by atoms with van der Waals surface area (Å²) in [6, 6.07) is 23.5. The first-order chi connectivity index (χ1) is 16.8. The molecule has 3 rings (SSSR count). The van der Waals surface area contributed by atoms with Gasteiger partial charge in [0, 0.05) is 6.54 Å². The molecule has 0 aliphatic heterocycles. The van der Waals surface area contributed by atoms with E-state index in [0.29, 0.717) is 18.7 Å². The van der Waals surface area contributed by atoms with Gasteiger partial charge in [0.1, 0.15) is 12.3 Å². The summed E-state index contributed by atoms with van der Waals surface area (Å²) in [6.45, 7) is 6.12. The third-order valence-electron chi connectivity index (χ3n) is 5.52. The number of hydrogen-bond donors (Lipinski definition) is 1. The molecule has 0 saturated carbocycles. The SMILES string of the molecule is CCc1ccccc1N(CC(=O)NCCCc1ccc(OC(C)C)cc1)S(=O)(=O)c1ccccc1. The van der Waals surface area contributed by atoms with E-state index in [1.165, 1.54) is 4.31 Å². The normalized spacial score (nSPS) is 11.3. The topological polar surface area (TPSA) is 75.7 Å². The molecule has 0 bridgehead atoms. The van der Waals surface area contributed by atoms with Crippen molar-refractivity contribution >= 4 is 21.6 Å². The van der Waals surface area contributed by atoms with Crippen LogP contribution >= 0.6 is 0 Å². The predicted octanol–water partition coefficient (Wildman–Crippen LogP) is 4.98. The average molecular weight is 495 g/mol. The van der Waals surface area contributed by atoms with Gasteiger partial charge < -0.3 is 10.1 Å². The zero-order chi connectivity index (χ0) is 25.3. The number of hydrogen-bond acceptors (Lipinski definition) is 4. The van der Waals surface area contributed by atoms with Crippen LogP contribution in [0.3, 0.4) is 0 Å². The monoisotopic (exact) mass is 494 g/mol. The standard InChI is InChI=1S/C28H34N2O4S/c1-4-24-12-8-9-15-27(24)30(35(32,33)26-13-6-5-7-14-26)21-28(31)29-20-10-11-23-16-18-25(19-17-23)34-22(2)3/h5-9,12-19,22H,4,10-11,20-21H2,1-3H3,(H,29,31). The minimum atomic E-state index is -3.91. The fourth-order valence-electron chi connectivity index (χ4n) is 3.79. The van der Waals surface area contributed by atoms with Gasteiger partial charge in [-0.1, -0.05) is 55.5 Å². The lowest BCUT2D eigenvalue weighted by Gasteiger charge is -2.26. The zero-order valence-electron chi connectivity index (χ0n) is 20.6. The summed E-state index contributed by atoms with van der Waals surface area (Å²) < 4.78 is 33.8. The Morgan fingerprint density at radius 2 is 1.60 bits per heavy atom. The van der Waals surface area contributed by atoms with E-state index in [1.807, 2.05) is 57.2 Å². The van der Waals surface area contributed by atoms with Gasteiger partial charge in [-0.3, -0.25) is 9.10 Å². The number of aryl methyl sites for hydroxylation is 2. The fraction of sp³-hybridized carbons (Fsp3) is 0.321. The van der Waals surface area contributed by atoms with Crippen LogP contribution in [-0.2, 0) is 27.7 Å². The van der Waals surface area contributed by atoms with Gasteiger partial charge in [-0.05, 0) is 74.6 Å². The third-order valence-corrected chi connectivity index (χ3v) is 7.29. The number of carbonyl (C=O) groups excluding carboxylic acids is 1. The lowest BCUT2D eigenvalue weighted by atomic mass is 10.1. The van der Waals surface area contributed by atoms with Crippen molar-refractivity contribution < 1.29 is 17.9 Å². The van der Waals surface area contributed by atoms with Gasteiger partial charge in [0.2, 0.25) is 5.91 Å². The molecule has 0 aliphatic rings. The summed E-state index contributed by atoms with van der Waals surface area (Å²) >= 11 is 0. The fourth-order valence-corrected chi connectivity index (χ4v) is 5.27. The molecule has 0 unspecified atom stereocenters.